The van der Waals surface area contributed by atoms with Gasteiger partial charge in [0.1, 0.15) is 5.82 Å². The number of anilines is 1. The molecular formula is C10H18N4S. The quantitative estimate of drug-likeness (QED) is 0.828. The molecule has 1 aliphatic heterocycles. The van der Waals surface area contributed by atoms with Crippen LogP contribution in [0.3, 0.4) is 0 Å². The summed E-state index contributed by atoms with van der Waals surface area (Å²) in [4.78, 5) is 6.74. The maximum absolute atomic E-state index is 6.08. The lowest BCUT2D eigenvalue weighted by atomic mass is 9.91. The zero-order chi connectivity index (χ0) is 10.8. The van der Waals surface area contributed by atoms with E-state index in [1.54, 1.807) is 0 Å². The zero-order valence-corrected chi connectivity index (χ0v) is 10.1. The molecule has 0 spiro atoms. The Hall–Kier alpha value is -0.680. The largest absolute Gasteiger partial charge is 0.346 e. The lowest BCUT2D eigenvalue weighted by Gasteiger charge is -2.36. The minimum Gasteiger partial charge on any atom is -0.346 e. The van der Waals surface area contributed by atoms with Crippen LogP contribution in [0.5, 0.6) is 0 Å². The number of aryl methyl sites for hydroxylation is 1. The Bertz CT molecular complexity index is 325. The van der Waals surface area contributed by atoms with Gasteiger partial charge in [-0.15, -0.1) is 0 Å². The standard InChI is InChI=1S/C10H18N4S/c1-3-8-6-14(5-4-9(8)11)10-12-7(2)13-15-10/h8-9H,3-6,11H2,1-2H3. The van der Waals surface area contributed by atoms with Crippen molar-refractivity contribution in [2.75, 3.05) is 18.0 Å². The van der Waals surface area contributed by atoms with Crippen LogP contribution < -0.4 is 10.6 Å². The van der Waals surface area contributed by atoms with E-state index in [1.165, 1.54) is 11.5 Å². The molecular weight excluding hydrogens is 208 g/mol. The summed E-state index contributed by atoms with van der Waals surface area (Å²) in [7, 11) is 0. The first-order chi connectivity index (χ1) is 7.20. The summed E-state index contributed by atoms with van der Waals surface area (Å²) < 4.78 is 4.22. The van der Waals surface area contributed by atoms with Gasteiger partial charge in [0.15, 0.2) is 0 Å². The minimum atomic E-state index is 0.361. The molecule has 1 aromatic heterocycles. The Labute approximate surface area is 94.7 Å². The highest BCUT2D eigenvalue weighted by molar-refractivity contribution is 7.09. The average Bonchev–Trinajstić information content (AvgIpc) is 2.66. The second-order valence-electron chi connectivity index (χ2n) is 4.19. The predicted molar refractivity (Wildman–Crippen MR) is 63.2 cm³/mol. The Morgan fingerprint density at radius 3 is 3.00 bits per heavy atom. The van der Waals surface area contributed by atoms with Crippen LogP contribution in [0.2, 0.25) is 0 Å². The van der Waals surface area contributed by atoms with E-state index in [1.807, 2.05) is 6.92 Å². The van der Waals surface area contributed by atoms with Crippen molar-refractivity contribution in [3.63, 3.8) is 0 Å². The first-order valence-electron chi connectivity index (χ1n) is 5.51. The van der Waals surface area contributed by atoms with Gasteiger partial charge in [-0.1, -0.05) is 13.3 Å². The van der Waals surface area contributed by atoms with E-state index >= 15 is 0 Å². The maximum Gasteiger partial charge on any atom is 0.205 e. The normalized spacial score (nSPS) is 27.0. The fourth-order valence-corrected chi connectivity index (χ4v) is 2.78. The van der Waals surface area contributed by atoms with E-state index in [0.717, 1.165) is 36.9 Å². The van der Waals surface area contributed by atoms with Crippen molar-refractivity contribution in [2.24, 2.45) is 11.7 Å². The highest BCUT2D eigenvalue weighted by Crippen LogP contribution is 2.25. The molecule has 2 unspecified atom stereocenters. The molecule has 0 saturated carbocycles. The van der Waals surface area contributed by atoms with Crippen molar-refractivity contribution in [3.05, 3.63) is 5.82 Å². The van der Waals surface area contributed by atoms with E-state index in [2.05, 4.69) is 21.2 Å². The number of nitrogens with zero attached hydrogens (tertiary/aromatic N) is 3. The molecule has 0 bridgehead atoms. The Morgan fingerprint density at radius 2 is 2.40 bits per heavy atom. The van der Waals surface area contributed by atoms with Gasteiger partial charge in [-0.3, -0.25) is 0 Å². The maximum atomic E-state index is 6.08. The van der Waals surface area contributed by atoms with Gasteiger partial charge in [0.05, 0.1) is 0 Å². The molecule has 0 aromatic carbocycles. The summed E-state index contributed by atoms with van der Waals surface area (Å²) in [6.45, 7) is 6.20. The molecule has 2 atom stereocenters. The molecule has 1 aromatic rings. The van der Waals surface area contributed by atoms with Gasteiger partial charge in [0, 0.05) is 30.7 Å². The van der Waals surface area contributed by atoms with Gasteiger partial charge in [-0.25, -0.2) is 4.98 Å². The second kappa shape index (κ2) is 4.45. The first-order valence-corrected chi connectivity index (χ1v) is 6.29. The lowest BCUT2D eigenvalue weighted by molar-refractivity contribution is 0.348. The number of hydrogen-bond acceptors (Lipinski definition) is 5. The number of aromatic nitrogens is 2. The van der Waals surface area contributed by atoms with Crippen LogP contribution in [0, 0.1) is 12.8 Å². The molecule has 0 amide bonds. The molecule has 2 rings (SSSR count). The van der Waals surface area contributed by atoms with E-state index in [0.29, 0.717) is 12.0 Å². The topological polar surface area (TPSA) is 55.0 Å². The lowest BCUT2D eigenvalue weighted by Crippen LogP contribution is -2.46. The van der Waals surface area contributed by atoms with Gasteiger partial charge in [-0.2, -0.15) is 4.37 Å². The SMILES string of the molecule is CCC1CN(c2nc(C)ns2)CCC1N. The molecule has 2 heterocycles. The van der Waals surface area contributed by atoms with Crippen molar-refractivity contribution in [1.29, 1.82) is 0 Å². The molecule has 84 valence electrons. The summed E-state index contributed by atoms with van der Waals surface area (Å²) in [5, 5.41) is 1.05. The predicted octanol–water partition coefficient (Wildman–Crippen LogP) is 1.41. The molecule has 5 heteroatoms. The van der Waals surface area contributed by atoms with Crippen LogP contribution in [0.15, 0.2) is 0 Å². The summed E-state index contributed by atoms with van der Waals surface area (Å²) in [6.07, 6.45) is 2.21. The molecule has 0 aliphatic carbocycles. The third-order valence-electron chi connectivity index (χ3n) is 3.10. The molecule has 1 saturated heterocycles. The summed E-state index contributed by atoms with van der Waals surface area (Å²) in [5.41, 5.74) is 6.08. The molecule has 1 fully saturated rings. The highest BCUT2D eigenvalue weighted by atomic mass is 32.1. The second-order valence-corrected chi connectivity index (χ2v) is 4.92. The van der Waals surface area contributed by atoms with Crippen LogP contribution in [0.1, 0.15) is 25.6 Å². The van der Waals surface area contributed by atoms with Crippen LogP contribution in [0.25, 0.3) is 0 Å². The van der Waals surface area contributed by atoms with Gasteiger partial charge in [-0.05, 0) is 19.3 Å². The van der Waals surface area contributed by atoms with Crippen LogP contribution in [-0.4, -0.2) is 28.5 Å². The van der Waals surface area contributed by atoms with Gasteiger partial charge >= 0.3 is 0 Å². The van der Waals surface area contributed by atoms with Crippen molar-refractivity contribution >= 4 is 16.7 Å². The Morgan fingerprint density at radius 1 is 1.60 bits per heavy atom. The number of hydrogen-bond donors (Lipinski definition) is 1. The smallest absolute Gasteiger partial charge is 0.205 e. The molecule has 0 radical (unpaired) electrons. The van der Waals surface area contributed by atoms with Crippen molar-refractivity contribution in [2.45, 2.75) is 32.7 Å². The van der Waals surface area contributed by atoms with E-state index in [9.17, 15) is 0 Å². The molecule has 15 heavy (non-hydrogen) atoms. The van der Waals surface area contributed by atoms with E-state index < -0.39 is 0 Å². The molecule has 4 nitrogen and oxygen atoms in total. The van der Waals surface area contributed by atoms with Crippen LogP contribution in [-0.2, 0) is 0 Å². The number of nitrogens with two attached hydrogens (primary N) is 1. The van der Waals surface area contributed by atoms with Crippen LogP contribution in [0.4, 0.5) is 5.13 Å². The van der Waals surface area contributed by atoms with E-state index in [-0.39, 0.29) is 0 Å². The summed E-state index contributed by atoms with van der Waals surface area (Å²) in [5.74, 6) is 1.47. The Kier molecular flexibility index (Phi) is 3.21. The minimum absolute atomic E-state index is 0.361. The van der Waals surface area contributed by atoms with Gasteiger partial charge in [0.2, 0.25) is 5.13 Å². The number of piperidine rings is 1. The summed E-state index contributed by atoms with van der Waals surface area (Å²) >= 11 is 1.49. The Balaban J connectivity index is 2.06. The highest BCUT2D eigenvalue weighted by Gasteiger charge is 2.26. The average molecular weight is 226 g/mol. The third-order valence-corrected chi connectivity index (χ3v) is 3.97. The van der Waals surface area contributed by atoms with Crippen LogP contribution >= 0.6 is 11.5 Å². The molecule has 2 N–H and O–H groups in total. The van der Waals surface area contributed by atoms with Crippen molar-refractivity contribution in [1.82, 2.24) is 9.36 Å². The fourth-order valence-electron chi connectivity index (χ4n) is 2.07. The zero-order valence-electron chi connectivity index (χ0n) is 9.31. The fraction of sp³-hybridized carbons (Fsp3) is 0.800. The number of rotatable bonds is 2. The van der Waals surface area contributed by atoms with Gasteiger partial charge in [0.25, 0.3) is 0 Å². The monoisotopic (exact) mass is 226 g/mol. The molecule has 1 aliphatic rings. The summed E-state index contributed by atoms with van der Waals surface area (Å²) in [6, 6.07) is 0.361. The van der Waals surface area contributed by atoms with Gasteiger partial charge < -0.3 is 10.6 Å². The third kappa shape index (κ3) is 2.29. The van der Waals surface area contributed by atoms with Crippen molar-refractivity contribution < 1.29 is 0 Å². The van der Waals surface area contributed by atoms with E-state index in [4.69, 9.17) is 5.73 Å². The first kappa shape index (κ1) is 10.8. The van der Waals surface area contributed by atoms with Crippen molar-refractivity contribution in [3.8, 4) is 0 Å².